The Morgan fingerprint density at radius 3 is 2.94 bits per heavy atom. The second kappa shape index (κ2) is 4.80. The predicted octanol–water partition coefficient (Wildman–Crippen LogP) is 1.15. The SMILES string of the molecule is CN(C(=O)c1ccn[nH]1)c1cccc(CN)c1. The molecule has 17 heavy (non-hydrogen) atoms. The molecule has 0 aliphatic carbocycles. The number of nitrogens with zero attached hydrogens (tertiary/aromatic N) is 2. The van der Waals surface area contributed by atoms with Gasteiger partial charge < -0.3 is 10.6 Å². The van der Waals surface area contributed by atoms with Crippen molar-refractivity contribution < 1.29 is 4.79 Å². The van der Waals surface area contributed by atoms with Crippen LogP contribution in [0, 0.1) is 0 Å². The van der Waals surface area contributed by atoms with Gasteiger partial charge in [-0.2, -0.15) is 5.10 Å². The van der Waals surface area contributed by atoms with Crippen LogP contribution in [0.1, 0.15) is 16.1 Å². The number of rotatable bonds is 3. The summed E-state index contributed by atoms with van der Waals surface area (Å²) in [6, 6.07) is 9.22. The first kappa shape index (κ1) is 11.3. The van der Waals surface area contributed by atoms with E-state index in [-0.39, 0.29) is 5.91 Å². The van der Waals surface area contributed by atoms with Crippen molar-refractivity contribution in [3.8, 4) is 0 Å². The van der Waals surface area contributed by atoms with E-state index in [0.29, 0.717) is 12.2 Å². The molecule has 1 heterocycles. The maximum absolute atomic E-state index is 12.0. The molecular weight excluding hydrogens is 216 g/mol. The molecule has 0 fully saturated rings. The number of carbonyl (C=O) groups is 1. The van der Waals surface area contributed by atoms with Crippen LogP contribution in [0.3, 0.4) is 0 Å². The number of H-pyrrole nitrogens is 1. The van der Waals surface area contributed by atoms with E-state index >= 15 is 0 Å². The summed E-state index contributed by atoms with van der Waals surface area (Å²) < 4.78 is 0. The number of nitrogens with one attached hydrogen (secondary N) is 1. The topological polar surface area (TPSA) is 75.0 Å². The fourth-order valence-corrected chi connectivity index (χ4v) is 1.56. The number of anilines is 1. The second-order valence-corrected chi connectivity index (χ2v) is 3.71. The molecule has 1 aromatic heterocycles. The summed E-state index contributed by atoms with van der Waals surface area (Å²) in [5, 5.41) is 6.41. The van der Waals surface area contributed by atoms with Crippen molar-refractivity contribution in [3.63, 3.8) is 0 Å². The summed E-state index contributed by atoms with van der Waals surface area (Å²) in [4.78, 5) is 13.6. The van der Waals surface area contributed by atoms with E-state index in [9.17, 15) is 4.79 Å². The molecule has 3 N–H and O–H groups in total. The number of benzene rings is 1. The zero-order valence-electron chi connectivity index (χ0n) is 9.55. The molecule has 0 atom stereocenters. The Bertz CT molecular complexity index is 507. The third-order valence-corrected chi connectivity index (χ3v) is 2.57. The highest BCUT2D eigenvalue weighted by Gasteiger charge is 2.14. The lowest BCUT2D eigenvalue weighted by Gasteiger charge is -2.17. The molecular formula is C12H14N4O. The van der Waals surface area contributed by atoms with Gasteiger partial charge in [-0.25, -0.2) is 0 Å². The molecule has 0 saturated carbocycles. The van der Waals surface area contributed by atoms with Crippen LogP contribution in [-0.4, -0.2) is 23.2 Å². The summed E-state index contributed by atoms with van der Waals surface area (Å²) in [5.41, 5.74) is 7.84. The van der Waals surface area contributed by atoms with Crippen LogP contribution in [0.4, 0.5) is 5.69 Å². The zero-order chi connectivity index (χ0) is 12.3. The number of amides is 1. The molecule has 5 nitrogen and oxygen atoms in total. The van der Waals surface area contributed by atoms with Crippen LogP contribution in [-0.2, 0) is 6.54 Å². The lowest BCUT2D eigenvalue weighted by Crippen LogP contribution is -2.26. The summed E-state index contributed by atoms with van der Waals surface area (Å²) >= 11 is 0. The van der Waals surface area contributed by atoms with Crippen molar-refractivity contribution >= 4 is 11.6 Å². The number of hydrogen-bond donors (Lipinski definition) is 2. The lowest BCUT2D eigenvalue weighted by atomic mass is 10.2. The molecule has 88 valence electrons. The first-order valence-electron chi connectivity index (χ1n) is 5.29. The van der Waals surface area contributed by atoms with E-state index < -0.39 is 0 Å². The normalized spacial score (nSPS) is 10.2. The van der Waals surface area contributed by atoms with Gasteiger partial charge in [-0.3, -0.25) is 9.89 Å². The molecule has 0 unspecified atom stereocenters. The Morgan fingerprint density at radius 2 is 2.29 bits per heavy atom. The number of nitrogens with two attached hydrogens (primary N) is 1. The van der Waals surface area contributed by atoms with Crippen LogP contribution in [0.15, 0.2) is 36.5 Å². The molecule has 1 aromatic carbocycles. The Labute approximate surface area is 99.2 Å². The van der Waals surface area contributed by atoms with Gasteiger partial charge in [-0.05, 0) is 23.8 Å². The van der Waals surface area contributed by atoms with Gasteiger partial charge >= 0.3 is 0 Å². The van der Waals surface area contributed by atoms with E-state index in [1.54, 1.807) is 24.2 Å². The Kier molecular flexibility index (Phi) is 3.20. The van der Waals surface area contributed by atoms with E-state index in [2.05, 4.69) is 10.2 Å². The average Bonchev–Trinajstić information content (AvgIpc) is 2.91. The molecule has 1 amide bonds. The van der Waals surface area contributed by atoms with Crippen LogP contribution >= 0.6 is 0 Å². The molecule has 0 aliphatic heterocycles. The van der Waals surface area contributed by atoms with Crippen molar-refractivity contribution in [2.45, 2.75) is 6.54 Å². The lowest BCUT2D eigenvalue weighted by molar-refractivity contribution is 0.0988. The number of hydrogen-bond acceptors (Lipinski definition) is 3. The second-order valence-electron chi connectivity index (χ2n) is 3.71. The zero-order valence-corrected chi connectivity index (χ0v) is 9.55. The fourth-order valence-electron chi connectivity index (χ4n) is 1.56. The minimum atomic E-state index is -0.128. The van der Waals surface area contributed by atoms with Crippen LogP contribution in [0.5, 0.6) is 0 Å². The van der Waals surface area contributed by atoms with Gasteiger partial charge in [0.2, 0.25) is 0 Å². The summed E-state index contributed by atoms with van der Waals surface area (Å²) in [6.45, 7) is 0.458. The van der Waals surface area contributed by atoms with E-state index in [1.165, 1.54) is 0 Å². The first-order valence-corrected chi connectivity index (χ1v) is 5.29. The number of carbonyl (C=O) groups excluding carboxylic acids is 1. The molecule has 0 spiro atoms. The van der Waals surface area contributed by atoms with Gasteiger partial charge in [0.1, 0.15) is 5.69 Å². The van der Waals surface area contributed by atoms with Crippen molar-refractivity contribution in [2.24, 2.45) is 5.73 Å². The fraction of sp³-hybridized carbons (Fsp3) is 0.167. The highest BCUT2D eigenvalue weighted by atomic mass is 16.2. The number of aromatic nitrogens is 2. The summed E-state index contributed by atoms with van der Waals surface area (Å²) in [5.74, 6) is -0.128. The molecule has 5 heteroatoms. The minimum Gasteiger partial charge on any atom is -0.326 e. The molecule has 0 aliphatic rings. The van der Waals surface area contributed by atoms with Gasteiger partial charge in [-0.1, -0.05) is 12.1 Å². The average molecular weight is 230 g/mol. The van der Waals surface area contributed by atoms with Crippen molar-refractivity contribution in [1.82, 2.24) is 10.2 Å². The van der Waals surface area contributed by atoms with E-state index in [0.717, 1.165) is 11.3 Å². The predicted molar refractivity (Wildman–Crippen MR) is 65.7 cm³/mol. The third-order valence-electron chi connectivity index (χ3n) is 2.57. The maximum atomic E-state index is 12.0. The third kappa shape index (κ3) is 2.34. The smallest absolute Gasteiger partial charge is 0.276 e. The molecule has 2 rings (SSSR count). The Balaban J connectivity index is 2.24. The molecule has 0 bridgehead atoms. The van der Waals surface area contributed by atoms with Crippen molar-refractivity contribution in [1.29, 1.82) is 0 Å². The van der Waals surface area contributed by atoms with Gasteiger partial charge in [0.15, 0.2) is 0 Å². The number of aromatic amines is 1. The highest BCUT2D eigenvalue weighted by Crippen LogP contribution is 2.16. The molecule has 0 radical (unpaired) electrons. The summed E-state index contributed by atoms with van der Waals surface area (Å²) in [6.07, 6.45) is 1.55. The van der Waals surface area contributed by atoms with Gasteiger partial charge in [0, 0.05) is 25.5 Å². The van der Waals surface area contributed by atoms with Crippen molar-refractivity contribution in [3.05, 3.63) is 47.8 Å². The molecule has 0 saturated heterocycles. The van der Waals surface area contributed by atoms with Crippen LogP contribution < -0.4 is 10.6 Å². The maximum Gasteiger partial charge on any atom is 0.276 e. The van der Waals surface area contributed by atoms with Crippen LogP contribution in [0.25, 0.3) is 0 Å². The summed E-state index contributed by atoms with van der Waals surface area (Å²) in [7, 11) is 1.72. The van der Waals surface area contributed by atoms with Crippen LogP contribution in [0.2, 0.25) is 0 Å². The Hall–Kier alpha value is -2.14. The van der Waals surface area contributed by atoms with Gasteiger partial charge in [0.25, 0.3) is 5.91 Å². The van der Waals surface area contributed by atoms with Crippen molar-refractivity contribution in [2.75, 3.05) is 11.9 Å². The van der Waals surface area contributed by atoms with E-state index in [1.807, 2.05) is 24.3 Å². The van der Waals surface area contributed by atoms with Gasteiger partial charge in [-0.15, -0.1) is 0 Å². The first-order chi connectivity index (χ1) is 8.22. The minimum absolute atomic E-state index is 0.128. The molecule has 2 aromatic rings. The highest BCUT2D eigenvalue weighted by molar-refractivity contribution is 6.04. The standard InChI is InChI=1S/C12H14N4O/c1-16(12(17)11-5-6-14-15-11)10-4-2-3-9(7-10)8-13/h2-7H,8,13H2,1H3,(H,14,15). The largest absolute Gasteiger partial charge is 0.326 e. The van der Waals surface area contributed by atoms with Gasteiger partial charge in [0.05, 0.1) is 0 Å². The Morgan fingerprint density at radius 1 is 1.47 bits per heavy atom. The quantitative estimate of drug-likeness (QED) is 0.830. The van der Waals surface area contributed by atoms with E-state index in [4.69, 9.17) is 5.73 Å². The monoisotopic (exact) mass is 230 g/mol.